The Labute approximate surface area is 145 Å². The number of aliphatic hydroxyl groups excluding tert-OH is 1. The average molecular weight is 353 g/mol. The van der Waals surface area contributed by atoms with E-state index in [1.165, 1.54) is 0 Å². The highest BCUT2D eigenvalue weighted by Gasteiger charge is 2.10. The summed E-state index contributed by atoms with van der Waals surface area (Å²) in [6, 6.07) is 11.3. The zero-order valence-electron chi connectivity index (χ0n) is 12.7. The number of hydrogen-bond donors (Lipinski definition) is 2. The van der Waals surface area contributed by atoms with E-state index in [4.69, 9.17) is 33.1 Å². The first-order valence-electron chi connectivity index (χ1n) is 7.20. The van der Waals surface area contributed by atoms with Gasteiger partial charge in [0.15, 0.2) is 0 Å². The molecular formula is C17H18Cl2N2O2. The Kier molecular flexibility index (Phi) is 6.71. The summed E-state index contributed by atoms with van der Waals surface area (Å²) in [4.78, 5) is 5.08. The van der Waals surface area contributed by atoms with E-state index in [1.54, 1.807) is 12.3 Å². The molecule has 0 saturated heterocycles. The van der Waals surface area contributed by atoms with Gasteiger partial charge in [-0.2, -0.15) is 0 Å². The lowest BCUT2D eigenvalue weighted by Gasteiger charge is -2.14. The molecule has 0 saturated carbocycles. The lowest BCUT2D eigenvalue weighted by molar-refractivity contribution is 0.125. The van der Waals surface area contributed by atoms with Crippen LogP contribution in [0.15, 0.2) is 41.6 Å². The van der Waals surface area contributed by atoms with E-state index < -0.39 is 0 Å². The van der Waals surface area contributed by atoms with Crippen molar-refractivity contribution < 1.29 is 9.94 Å². The van der Waals surface area contributed by atoms with Gasteiger partial charge in [0.2, 0.25) is 0 Å². The molecule has 2 aromatic rings. The predicted octanol–water partition coefficient (Wildman–Crippen LogP) is 4.78. The molecule has 0 radical (unpaired) electrons. The minimum atomic E-state index is 0.0814. The average Bonchev–Trinajstić information content (AvgIpc) is 2.56. The van der Waals surface area contributed by atoms with Crippen LogP contribution in [0.4, 0.5) is 11.4 Å². The number of benzene rings is 2. The van der Waals surface area contributed by atoms with Crippen LogP contribution in [0.5, 0.6) is 0 Å². The topological polar surface area (TPSA) is 53.9 Å². The number of anilines is 2. The lowest BCUT2D eigenvalue weighted by atomic mass is 10.1. The molecule has 0 spiro atoms. The fourth-order valence-electron chi connectivity index (χ4n) is 1.91. The van der Waals surface area contributed by atoms with Gasteiger partial charge in [-0.15, -0.1) is 0 Å². The molecule has 0 aliphatic heterocycles. The van der Waals surface area contributed by atoms with Crippen molar-refractivity contribution in [3.63, 3.8) is 0 Å². The van der Waals surface area contributed by atoms with Gasteiger partial charge in [-0.25, -0.2) is 0 Å². The van der Waals surface area contributed by atoms with E-state index in [0.29, 0.717) is 28.8 Å². The fourth-order valence-corrected chi connectivity index (χ4v) is 2.37. The minimum absolute atomic E-state index is 0.0814. The molecule has 2 rings (SSSR count). The Balaban J connectivity index is 2.20. The molecular weight excluding hydrogens is 335 g/mol. The van der Waals surface area contributed by atoms with E-state index in [-0.39, 0.29) is 6.61 Å². The Bertz CT molecular complexity index is 690. The van der Waals surface area contributed by atoms with Crippen LogP contribution in [0, 0.1) is 6.92 Å². The summed E-state index contributed by atoms with van der Waals surface area (Å²) >= 11 is 12.6. The first-order chi connectivity index (χ1) is 11.1. The molecule has 122 valence electrons. The Morgan fingerprint density at radius 1 is 1.22 bits per heavy atom. The molecule has 0 amide bonds. The van der Waals surface area contributed by atoms with Gasteiger partial charge in [0.25, 0.3) is 0 Å². The van der Waals surface area contributed by atoms with Gasteiger partial charge in [-0.05, 0) is 24.6 Å². The summed E-state index contributed by atoms with van der Waals surface area (Å²) in [6.45, 7) is 2.38. The van der Waals surface area contributed by atoms with E-state index in [9.17, 15) is 0 Å². The van der Waals surface area contributed by atoms with Crippen molar-refractivity contribution >= 4 is 40.8 Å². The largest absolute Gasteiger partial charge is 0.396 e. The molecule has 0 aromatic heterocycles. The molecule has 0 fully saturated rings. The zero-order valence-corrected chi connectivity index (χ0v) is 14.2. The standard InChI is InChI=1S/C17H18Cl2N2O2/c1-12-7-8-14(18)17(16(12)19)21-15-6-3-2-5-13(15)11-20-23-10-4-9-22/h2-3,5-8,11,21-22H,4,9-10H2,1H3. The van der Waals surface area contributed by atoms with Crippen molar-refractivity contribution in [2.45, 2.75) is 13.3 Å². The molecule has 0 aliphatic carbocycles. The molecule has 2 N–H and O–H groups in total. The van der Waals surface area contributed by atoms with Gasteiger partial charge in [0, 0.05) is 24.3 Å². The summed E-state index contributed by atoms with van der Waals surface area (Å²) in [7, 11) is 0. The van der Waals surface area contributed by atoms with E-state index in [1.807, 2.05) is 37.3 Å². The second kappa shape index (κ2) is 8.77. The minimum Gasteiger partial charge on any atom is -0.396 e. The van der Waals surface area contributed by atoms with Crippen molar-refractivity contribution in [3.05, 3.63) is 57.6 Å². The van der Waals surface area contributed by atoms with Crippen molar-refractivity contribution in [2.24, 2.45) is 5.16 Å². The quantitative estimate of drug-likeness (QED) is 0.428. The second-order valence-electron chi connectivity index (χ2n) is 4.91. The van der Waals surface area contributed by atoms with E-state index in [0.717, 1.165) is 16.8 Å². The number of nitrogens with zero attached hydrogens (tertiary/aromatic N) is 1. The summed E-state index contributed by atoms with van der Waals surface area (Å²) in [5.41, 5.74) is 3.26. The van der Waals surface area contributed by atoms with Crippen LogP contribution in [0.3, 0.4) is 0 Å². The number of nitrogens with one attached hydrogen (secondary N) is 1. The molecule has 0 heterocycles. The van der Waals surface area contributed by atoms with Crippen LogP contribution in [-0.2, 0) is 4.84 Å². The van der Waals surface area contributed by atoms with Crippen molar-refractivity contribution in [1.82, 2.24) is 0 Å². The Hall–Kier alpha value is -1.75. The van der Waals surface area contributed by atoms with E-state index >= 15 is 0 Å². The normalized spacial score (nSPS) is 11.0. The maximum absolute atomic E-state index is 8.70. The third-order valence-corrected chi connectivity index (χ3v) is 3.97. The van der Waals surface area contributed by atoms with Crippen molar-refractivity contribution in [1.29, 1.82) is 0 Å². The van der Waals surface area contributed by atoms with Gasteiger partial charge >= 0.3 is 0 Å². The van der Waals surface area contributed by atoms with Gasteiger partial charge in [0.05, 0.1) is 21.9 Å². The number of halogens is 2. The summed E-state index contributed by atoms with van der Waals surface area (Å²) in [6.07, 6.45) is 2.16. The third kappa shape index (κ3) is 4.86. The maximum atomic E-state index is 8.70. The Morgan fingerprint density at radius 2 is 2.00 bits per heavy atom. The first-order valence-corrected chi connectivity index (χ1v) is 7.96. The Morgan fingerprint density at radius 3 is 2.78 bits per heavy atom. The van der Waals surface area contributed by atoms with Gasteiger partial charge in [-0.1, -0.05) is 52.6 Å². The van der Waals surface area contributed by atoms with Gasteiger partial charge in [0.1, 0.15) is 6.61 Å². The van der Waals surface area contributed by atoms with Crippen molar-refractivity contribution in [2.75, 3.05) is 18.5 Å². The summed E-state index contributed by atoms with van der Waals surface area (Å²) in [5, 5.41) is 17.0. The van der Waals surface area contributed by atoms with E-state index in [2.05, 4.69) is 10.5 Å². The molecule has 0 atom stereocenters. The highest BCUT2D eigenvalue weighted by Crippen LogP contribution is 2.35. The highest BCUT2D eigenvalue weighted by atomic mass is 35.5. The number of aliphatic hydroxyl groups is 1. The van der Waals surface area contributed by atoms with Crippen LogP contribution in [-0.4, -0.2) is 24.5 Å². The van der Waals surface area contributed by atoms with Crippen LogP contribution in [0.1, 0.15) is 17.5 Å². The molecule has 2 aromatic carbocycles. The van der Waals surface area contributed by atoms with Gasteiger partial charge < -0.3 is 15.3 Å². The maximum Gasteiger partial charge on any atom is 0.119 e. The van der Waals surface area contributed by atoms with Crippen LogP contribution in [0.2, 0.25) is 10.0 Å². The number of rotatable bonds is 7. The molecule has 4 nitrogen and oxygen atoms in total. The monoisotopic (exact) mass is 352 g/mol. The number of aryl methyl sites for hydroxylation is 1. The lowest BCUT2D eigenvalue weighted by Crippen LogP contribution is -1.98. The van der Waals surface area contributed by atoms with Gasteiger partial charge in [-0.3, -0.25) is 0 Å². The molecule has 0 aliphatic rings. The second-order valence-corrected chi connectivity index (χ2v) is 5.70. The summed E-state index contributed by atoms with van der Waals surface area (Å²) < 4.78 is 0. The smallest absolute Gasteiger partial charge is 0.119 e. The number of para-hydroxylation sites is 1. The SMILES string of the molecule is Cc1ccc(Cl)c(Nc2ccccc2C=NOCCCO)c1Cl. The van der Waals surface area contributed by atoms with Crippen LogP contribution < -0.4 is 5.32 Å². The highest BCUT2D eigenvalue weighted by molar-refractivity contribution is 6.39. The first kappa shape index (κ1) is 17.6. The molecule has 6 heteroatoms. The molecule has 23 heavy (non-hydrogen) atoms. The predicted molar refractivity (Wildman–Crippen MR) is 96.2 cm³/mol. The number of oxime groups is 1. The molecule has 0 bridgehead atoms. The zero-order chi connectivity index (χ0) is 16.7. The van der Waals surface area contributed by atoms with Crippen molar-refractivity contribution in [3.8, 4) is 0 Å². The van der Waals surface area contributed by atoms with Crippen LogP contribution in [0.25, 0.3) is 0 Å². The fraction of sp³-hybridized carbons (Fsp3) is 0.235. The third-order valence-electron chi connectivity index (χ3n) is 3.16. The summed E-state index contributed by atoms with van der Waals surface area (Å²) in [5.74, 6) is 0. The van der Waals surface area contributed by atoms with Crippen LogP contribution >= 0.6 is 23.2 Å². The number of hydrogen-bond acceptors (Lipinski definition) is 4. The molecule has 0 unspecified atom stereocenters.